The molecule has 1 aromatic heterocycles. The normalized spacial score (nSPS) is 10.2. The van der Waals surface area contributed by atoms with Gasteiger partial charge in [0.2, 0.25) is 5.91 Å². The summed E-state index contributed by atoms with van der Waals surface area (Å²) in [6, 6.07) is 3.63. The molecule has 5 heteroatoms. The predicted molar refractivity (Wildman–Crippen MR) is 58.2 cm³/mol. The van der Waals surface area contributed by atoms with Crippen molar-refractivity contribution in [3.8, 4) is 0 Å². The van der Waals surface area contributed by atoms with Crippen LogP contribution in [0.3, 0.4) is 0 Å². The predicted octanol–water partition coefficient (Wildman–Crippen LogP) is 2.63. The van der Waals surface area contributed by atoms with Crippen LogP contribution in [0, 0.1) is 0 Å². The fourth-order valence-corrected chi connectivity index (χ4v) is 1.53. The van der Waals surface area contributed by atoms with Gasteiger partial charge in [-0.1, -0.05) is 0 Å². The number of carbonyl (C=O) groups is 1. The molecule has 3 nitrogen and oxygen atoms in total. The summed E-state index contributed by atoms with van der Waals surface area (Å²) in [6.07, 6.45) is 0.361. The summed E-state index contributed by atoms with van der Waals surface area (Å²) in [7, 11) is 1.73. The summed E-state index contributed by atoms with van der Waals surface area (Å²) in [5.74, 6) is 1.13. The molecule has 1 rings (SSSR count). The SMILES string of the molecule is CN(Cc1ccc(Br)o1)C(=O)CCCl. The minimum absolute atomic E-state index is 0.0209. The zero-order valence-electron chi connectivity index (χ0n) is 7.80. The van der Waals surface area contributed by atoms with Gasteiger partial charge in [0.1, 0.15) is 5.76 Å². The second-order valence-corrected chi connectivity index (χ2v) is 4.05. The van der Waals surface area contributed by atoms with Gasteiger partial charge in [-0.2, -0.15) is 0 Å². The van der Waals surface area contributed by atoms with E-state index in [0.717, 1.165) is 5.76 Å². The van der Waals surface area contributed by atoms with Crippen LogP contribution in [0.15, 0.2) is 21.2 Å². The molecule has 0 atom stereocenters. The van der Waals surface area contributed by atoms with Crippen LogP contribution in [0.25, 0.3) is 0 Å². The highest BCUT2D eigenvalue weighted by Gasteiger charge is 2.10. The van der Waals surface area contributed by atoms with Gasteiger partial charge < -0.3 is 9.32 Å². The Morgan fingerprint density at radius 3 is 2.86 bits per heavy atom. The summed E-state index contributed by atoms with van der Waals surface area (Å²) >= 11 is 8.67. The van der Waals surface area contributed by atoms with Crippen LogP contribution < -0.4 is 0 Å². The molecule has 78 valence electrons. The fourth-order valence-electron chi connectivity index (χ4n) is 1.03. The summed E-state index contributed by atoms with van der Waals surface area (Å²) < 4.78 is 5.94. The third kappa shape index (κ3) is 3.35. The maximum absolute atomic E-state index is 11.3. The van der Waals surface area contributed by atoms with Gasteiger partial charge in [-0.25, -0.2) is 0 Å². The number of carbonyl (C=O) groups excluding carboxylic acids is 1. The molecule has 1 aromatic rings. The van der Waals surface area contributed by atoms with Gasteiger partial charge in [0, 0.05) is 19.3 Å². The number of rotatable bonds is 4. The molecular formula is C9H11BrClNO2. The molecule has 1 heterocycles. The number of halogens is 2. The summed E-state index contributed by atoms with van der Waals surface area (Å²) in [5.41, 5.74) is 0. The van der Waals surface area contributed by atoms with Crippen molar-refractivity contribution in [2.75, 3.05) is 12.9 Å². The first-order chi connectivity index (χ1) is 6.63. The lowest BCUT2D eigenvalue weighted by molar-refractivity contribution is -0.130. The van der Waals surface area contributed by atoms with Crippen molar-refractivity contribution >= 4 is 33.4 Å². The highest BCUT2D eigenvalue weighted by Crippen LogP contribution is 2.15. The van der Waals surface area contributed by atoms with E-state index in [4.69, 9.17) is 16.0 Å². The van der Waals surface area contributed by atoms with E-state index >= 15 is 0 Å². The van der Waals surface area contributed by atoms with E-state index in [1.807, 2.05) is 6.07 Å². The second kappa shape index (κ2) is 5.41. The number of nitrogens with zero attached hydrogens (tertiary/aromatic N) is 1. The molecule has 0 bridgehead atoms. The molecule has 0 radical (unpaired) electrons. The van der Waals surface area contributed by atoms with Gasteiger partial charge in [0.15, 0.2) is 4.67 Å². The van der Waals surface area contributed by atoms with E-state index < -0.39 is 0 Å². The molecule has 0 aliphatic heterocycles. The lowest BCUT2D eigenvalue weighted by atomic mass is 10.3. The van der Waals surface area contributed by atoms with Crippen LogP contribution in [-0.2, 0) is 11.3 Å². The lowest BCUT2D eigenvalue weighted by Gasteiger charge is -2.14. The third-order valence-corrected chi connectivity index (χ3v) is 2.37. The topological polar surface area (TPSA) is 33.5 Å². The Morgan fingerprint density at radius 2 is 2.36 bits per heavy atom. The third-order valence-electron chi connectivity index (χ3n) is 1.76. The standard InChI is InChI=1S/C9H11BrClNO2/c1-12(9(13)4-5-11)6-7-2-3-8(10)14-7/h2-3H,4-6H2,1H3. The highest BCUT2D eigenvalue weighted by molar-refractivity contribution is 9.10. The average Bonchev–Trinajstić information content (AvgIpc) is 2.51. The van der Waals surface area contributed by atoms with Crippen molar-refractivity contribution in [3.63, 3.8) is 0 Å². The summed E-state index contributed by atoms with van der Waals surface area (Å²) in [6.45, 7) is 0.474. The van der Waals surface area contributed by atoms with Crippen molar-refractivity contribution in [1.29, 1.82) is 0 Å². The van der Waals surface area contributed by atoms with Crippen molar-refractivity contribution in [2.24, 2.45) is 0 Å². The molecule has 0 spiro atoms. The molecule has 0 saturated heterocycles. The van der Waals surface area contributed by atoms with E-state index in [1.54, 1.807) is 18.0 Å². The summed E-state index contributed by atoms with van der Waals surface area (Å²) in [4.78, 5) is 12.9. The molecule has 0 aliphatic rings. The van der Waals surface area contributed by atoms with Crippen LogP contribution in [0.2, 0.25) is 0 Å². The first-order valence-corrected chi connectivity index (χ1v) is 5.50. The first-order valence-electron chi connectivity index (χ1n) is 4.17. The molecule has 14 heavy (non-hydrogen) atoms. The van der Waals surface area contributed by atoms with Crippen molar-refractivity contribution in [2.45, 2.75) is 13.0 Å². The van der Waals surface area contributed by atoms with Crippen LogP contribution in [0.1, 0.15) is 12.2 Å². The van der Waals surface area contributed by atoms with Gasteiger partial charge in [0.25, 0.3) is 0 Å². The van der Waals surface area contributed by atoms with Crippen molar-refractivity contribution < 1.29 is 9.21 Å². The number of hydrogen-bond acceptors (Lipinski definition) is 2. The largest absolute Gasteiger partial charge is 0.452 e. The summed E-state index contributed by atoms with van der Waals surface area (Å²) in [5, 5.41) is 0. The maximum Gasteiger partial charge on any atom is 0.223 e. The zero-order chi connectivity index (χ0) is 10.6. The Labute approximate surface area is 96.1 Å². The minimum atomic E-state index is 0.0209. The van der Waals surface area contributed by atoms with Crippen molar-refractivity contribution in [1.82, 2.24) is 4.90 Å². The highest BCUT2D eigenvalue weighted by atomic mass is 79.9. The molecule has 1 amide bonds. The van der Waals surface area contributed by atoms with Crippen LogP contribution >= 0.6 is 27.5 Å². The number of alkyl halides is 1. The monoisotopic (exact) mass is 279 g/mol. The van der Waals surface area contributed by atoms with Crippen LogP contribution in [-0.4, -0.2) is 23.7 Å². The van der Waals surface area contributed by atoms with Gasteiger partial charge in [0.05, 0.1) is 6.54 Å². The van der Waals surface area contributed by atoms with E-state index in [0.29, 0.717) is 23.5 Å². The second-order valence-electron chi connectivity index (χ2n) is 2.89. The van der Waals surface area contributed by atoms with E-state index in [9.17, 15) is 4.79 Å². The Bertz CT molecular complexity index is 314. The number of amides is 1. The van der Waals surface area contributed by atoms with E-state index in [-0.39, 0.29) is 5.91 Å². The van der Waals surface area contributed by atoms with Crippen LogP contribution in [0.4, 0.5) is 0 Å². The lowest BCUT2D eigenvalue weighted by Crippen LogP contribution is -2.25. The van der Waals surface area contributed by atoms with Gasteiger partial charge >= 0.3 is 0 Å². The minimum Gasteiger partial charge on any atom is -0.452 e. The Morgan fingerprint density at radius 1 is 1.64 bits per heavy atom. The Balaban J connectivity index is 2.48. The van der Waals surface area contributed by atoms with Crippen LogP contribution in [0.5, 0.6) is 0 Å². The smallest absolute Gasteiger partial charge is 0.223 e. The quantitative estimate of drug-likeness (QED) is 0.795. The Kier molecular flexibility index (Phi) is 4.48. The van der Waals surface area contributed by atoms with Gasteiger partial charge in [-0.05, 0) is 28.1 Å². The first kappa shape index (κ1) is 11.6. The maximum atomic E-state index is 11.3. The Hall–Kier alpha value is -0.480. The molecule has 0 fully saturated rings. The molecule has 0 aliphatic carbocycles. The average molecular weight is 281 g/mol. The molecule has 0 unspecified atom stereocenters. The van der Waals surface area contributed by atoms with E-state index in [2.05, 4.69) is 15.9 Å². The van der Waals surface area contributed by atoms with Crippen molar-refractivity contribution in [3.05, 3.63) is 22.6 Å². The van der Waals surface area contributed by atoms with E-state index in [1.165, 1.54) is 0 Å². The van der Waals surface area contributed by atoms with Gasteiger partial charge in [-0.3, -0.25) is 4.79 Å². The molecule has 0 aromatic carbocycles. The molecule has 0 N–H and O–H groups in total. The number of hydrogen-bond donors (Lipinski definition) is 0. The number of furan rings is 1. The molecular weight excluding hydrogens is 269 g/mol. The fraction of sp³-hybridized carbons (Fsp3) is 0.444. The molecule has 0 saturated carbocycles. The zero-order valence-corrected chi connectivity index (χ0v) is 10.1. The van der Waals surface area contributed by atoms with Gasteiger partial charge in [-0.15, -0.1) is 11.6 Å².